The first-order valence-corrected chi connectivity index (χ1v) is 17.2. The third-order valence-corrected chi connectivity index (χ3v) is 9.20. The maximum absolute atomic E-state index is 14.2. The van der Waals surface area contributed by atoms with Gasteiger partial charge >= 0.3 is 11.9 Å². The van der Waals surface area contributed by atoms with Crippen LogP contribution in [-0.2, 0) is 20.9 Å². The molecule has 0 fully saturated rings. The van der Waals surface area contributed by atoms with Crippen LogP contribution < -0.4 is 24.4 Å². The largest absolute Gasteiger partial charge is 0.494 e. The number of carbonyl (C=O) groups excluding carboxylic acids is 2. The second kappa shape index (κ2) is 15.3. The highest BCUT2D eigenvalue weighted by molar-refractivity contribution is 14.1. The SMILES string of the molecule is CCOC(=O)C1=C(C)N=c2s/c(=C\c3cc(Cl)cc(I)c3OCc3ccc(C(=O)OCC)cc3)c(=O)n2[C@H]1c1ccc(OCC)cc1. The van der Waals surface area contributed by atoms with E-state index < -0.39 is 12.0 Å². The average molecular weight is 787 g/mol. The van der Waals surface area contributed by atoms with Gasteiger partial charge in [-0.15, -0.1) is 0 Å². The summed E-state index contributed by atoms with van der Waals surface area (Å²) in [5, 5.41) is 0.479. The molecule has 9 nitrogen and oxygen atoms in total. The van der Waals surface area contributed by atoms with Gasteiger partial charge < -0.3 is 18.9 Å². The van der Waals surface area contributed by atoms with Crippen molar-refractivity contribution in [1.29, 1.82) is 0 Å². The summed E-state index contributed by atoms with van der Waals surface area (Å²) in [7, 11) is 0. The summed E-state index contributed by atoms with van der Waals surface area (Å²) < 4.78 is 25.0. The molecule has 5 rings (SSSR count). The van der Waals surface area contributed by atoms with Crippen molar-refractivity contribution in [1.82, 2.24) is 4.57 Å². The minimum atomic E-state index is -0.754. The molecule has 3 aromatic carbocycles. The molecule has 0 spiro atoms. The first-order valence-electron chi connectivity index (χ1n) is 14.9. The van der Waals surface area contributed by atoms with Crippen molar-refractivity contribution in [3.8, 4) is 11.5 Å². The number of allylic oxidation sites excluding steroid dienone is 1. The number of rotatable bonds is 11. The van der Waals surface area contributed by atoms with Crippen LogP contribution in [0.1, 0.15) is 60.8 Å². The van der Waals surface area contributed by atoms with Crippen molar-refractivity contribution < 1.29 is 28.5 Å². The molecule has 0 N–H and O–H groups in total. The Morgan fingerprint density at radius 2 is 1.64 bits per heavy atom. The maximum Gasteiger partial charge on any atom is 0.338 e. The van der Waals surface area contributed by atoms with Gasteiger partial charge in [0.15, 0.2) is 4.80 Å². The third-order valence-electron chi connectivity index (χ3n) is 7.20. The topological polar surface area (TPSA) is 105 Å². The van der Waals surface area contributed by atoms with Gasteiger partial charge in [-0.2, -0.15) is 0 Å². The molecule has 12 heteroatoms. The van der Waals surface area contributed by atoms with Gasteiger partial charge in [-0.1, -0.05) is 47.2 Å². The van der Waals surface area contributed by atoms with Gasteiger partial charge in [-0.3, -0.25) is 9.36 Å². The molecule has 4 aromatic rings. The Kier molecular flexibility index (Phi) is 11.2. The molecule has 2 heterocycles. The fourth-order valence-corrected chi connectivity index (χ4v) is 7.36. The van der Waals surface area contributed by atoms with Crippen molar-refractivity contribution in [3.63, 3.8) is 0 Å². The number of benzene rings is 3. The number of carbonyl (C=O) groups is 2. The number of esters is 2. The van der Waals surface area contributed by atoms with Crippen LogP contribution in [0.2, 0.25) is 5.02 Å². The lowest BCUT2D eigenvalue weighted by Crippen LogP contribution is -2.39. The number of fused-ring (bicyclic) bond motifs is 1. The van der Waals surface area contributed by atoms with Crippen LogP contribution in [0.4, 0.5) is 0 Å². The molecule has 244 valence electrons. The monoisotopic (exact) mass is 786 g/mol. The summed E-state index contributed by atoms with van der Waals surface area (Å²) in [6.07, 6.45) is 1.73. The minimum absolute atomic E-state index is 0.182. The highest BCUT2D eigenvalue weighted by Crippen LogP contribution is 2.33. The molecule has 0 saturated heterocycles. The van der Waals surface area contributed by atoms with E-state index in [4.69, 9.17) is 30.5 Å². The Hall–Kier alpha value is -3.94. The zero-order valence-corrected chi connectivity index (χ0v) is 29.9. The standard InChI is InChI=1S/C35H32ClIN2O7S/c1-5-43-26-14-12-22(13-15-26)30-29(34(42)45-7-3)20(4)38-35-39(30)32(40)28(47-35)17-24-16-25(36)18-27(37)31(24)46-19-21-8-10-23(11-9-21)33(41)44-6-2/h8-18,30H,5-7,19H2,1-4H3/b28-17-/t30-/m0/s1. The highest BCUT2D eigenvalue weighted by Gasteiger charge is 2.33. The molecular weight excluding hydrogens is 755 g/mol. The number of aromatic nitrogens is 1. The van der Waals surface area contributed by atoms with Crippen LogP contribution in [0.5, 0.6) is 11.5 Å². The van der Waals surface area contributed by atoms with E-state index in [9.17, 15) is 14.4 Å². The Balaban J connectivity index is 1.56. The highest BCUT2D eigenvalue weighted by atomic mass is 127. The normalized spacial score (nSPS) is 14.3. The lowest BCUT2D eigenvalue weighted by atomic mass is 9.96. The van der Waals surface area contributed by atoms with Crippen molar-refractivity contribution in [2.45, 2.75) is 40.3 Å². The molecule has 0 amide bonds. The Labute approximate surface area is 294 Å². The Bertz CT molecular complexity index is 2020. The summed E-state index contributed by atoms with van der Waals surface area (Å²) in [6.45, 7) is 8.35. The summed E-state index contributed by atoms with van der Waals surface area (Å²) in [4.78, 5) is 44.5. The fraction of sp³-hybridized carbons (Fsp3) is 0.257. The van der Waals surface area contributed by atoms with Crippen molar-refractivity contribution in [2.75, 3.05) is 19.8 Å². The summed E-state index contributed by atoms with van der Waals surface area (Å²) >= 11 is 9.83. The van der Waals surface area contributed by atoms with Gasteiger partial charge in [-0.05, 0) is 104 Å². The molecule has 0 unspecified atom stereocenters. The van der Waals surface area contributed by atoms with Crippen LogP contribution in [0.3, 0.4) is 0 Å². The second-order valence-electron chi connectivity index (χ2n) is 10.3. The van der Waals surface area contributed by atoms with E-state index in [0.717, 1.165) is 9.13 Å². The van der Waals surface area contributed by atoms with Crippen LogP contribution in [0.15, 0.2) is 81.7 Å². The molecule has 1 aliphatic rings. The lowest BCUT2D eigenvalue weighted by molar-refractivity contribution is -0.139. The Morgan fingerprint density at radius 1 is 0.957 bits per heavy atom. The van der Waals surface area contributed by atoms with E-state index in [-0.39, 0.29) is 24.7 Å². The molecule has 0 saturated carbocycles. The molecule has 1 aliphatic heterocycles. The smallest absolute Gasteiger partial charge is 0.338 e. The van der Waals surface area contributed by atoms with E-state index in [1.165, 1.54) is 15.9 Å². The minimum Gasteiger partial charge on any atom is -0.494 e. The van der Waals surface area contributed by atoms with E-state index in [2.05, 4.69) is 27.6 Å². The van der Waals surface area contributed by atoms with E-state index in [1.807, 2.05) is 31.2 Å². The lowest BCUT2D eigenvalue weighted by Gasteiger charge is -2.24. The Morgan fingerprint density at radius 3 is 2.30 bits per heavy atom. The van der Waals surface area contributed by atoms with Gasteiger partial charge in [0.2, 0.25) is 0 Å². The first kappa shape index (κ1) is 34.4. The number of hydrogen-bond acceptors (Lipinski definition) is 9. The number of hydrogen-bond donors (Lipinski definition) is 0. The van der Waals surface area contributed by atoms with E-state index in [1.54, 1.807) is 63.2 Å². The number of halogens is 2. The fourth-order valence-electron chi connectivity index (χ4n) is 5.11. The molecule has 0 radical (unpaired) electrons. The van der Waals surface area contributed by atoms with Crippen LogP contribution in [0, 0.1) is 3.57 Å². The number of ether oxygens (including phenoxy) is 4. The van der Waals surface area contributed by atoms with Gasteiger partial charge in [0.25, 0.3) is 5.56 Å². The number of nitrogens with zero attached hydrogens (tertiary/aromatic N) is 2. The van der Waals surface area contributed by atoms with Gasteiger partial charge in [0.05, 0.1) is 50.8 Å². The zero-order valence-electron chi connectivity index (χ0n) is 26.2. The molecule has 1 atom stereocenters. The molecule has 1 aromatic heterocycles. The van der Waals surface area contributed by atoms with Gasteiger partial charge in [0.1, 0.15) is 18.1 Å². The molecule has 0 aliphatic carbocycles. The van der Waals surface area contributed by atoms with Crippen LogP contribution in [0.25, 0.3) is 6.08 Å². The zero-order chi connectivity index (χ0) is 33.7. The summed E-state index contributed by atoms with van der Waals surface area (Å²) in [5.74, 6) is 0.310. The predicted octanol–water partition coefficient (Wildman–Crippen LogP) is 6.21. The molecular formula is C35H32ClIN2O7S. The van der Waals surface area contributed by atoms with Gasteiger partial charge in [-0.25, -0.2) is 14.6 Å². The first-order chi connectivity index (χ1) is 22.6. The van der Waals surface area contributed by atoms with Crippen molar-refractivity contribution in [3.05, 3.63) is 122 Å². The quantitative estimate of drug-likeness (QED) is 0.132. The van der Waals surface area contributed by atoms with E-state index >= 15 is 0 Å². The van der Waals surface area contributed by atoms with Gasteiger partial charge in [0, 0.05) is 10.6 Å². The second-order valence-corrected chi connectivity index (χ2v) is 12.9. The van der Waals surface area contributed by atoms with Crippen LogP contribution >= 0.6 is 45.5 Å². The molecule has 47 heavy (non-hydrogen) atoms. The predicted molar refractivity (Wildman–Crippen MR) is 189 cm³/mol. The summed E-state index contributed by atoms with van der Waals surface area (Å²) in [5.41, 5.74) is 3.07. The maximum atomic E-state index is 14.2. The number of thiazole rings is 1. The average Bonchev–Trinajstić information content (AvgIpc) is 3.34. The van der Waals surface area contributed by atoms with Crippen molar-refractivity contribution in [2.24, 2.45) is 4.99 Å². The van der Waals surface area contributed by atoms with Crippen molar-refractivity contribution >= 4 is 63.5 Å². The third kappa shape index (κ3) is 7.63. The molecule has 0 bridgehead atoms. The van der Waals surface area contributed by atoms with Crippen LogP contribution in [-0.4, -0.2) is 36.3 Å². The van der Waals surface area contributed by atoms with E-state index in [0.29, 0.717) is 67.0 Å². The summed E-state index contributed by atoms with van der Waals surface area (Å²) in [6, 6.07) is 17.1.